The molecule has 0 radical (unpaired) electrons. The Bertz CT molecular complexity index is 772. The lowest BCUT2D eigenvalue weighted by atomic mass is 9.94. The van der Waals surface area contributed by atoms with E-state index in [4.69, 9.17) is 0 Å². The fourth-order valence-corrected chi connectivity index (χ4v) is 3.38. The first kappa shape index (κ1) is 17.4. The molecule has 3 rings (SSSR count). The van der Waals surface area contributed by atoms with E-state index < -0.39 is 6.10 Å². The Balaban J connectivity index is 1.64. The van der Waals surface area contributed by atoms with E-state index in [0.29, 0.717) is 26.1 Å². The molecule has 0 saturated carbocycles. The van der Waals surface area contributed by atoms with Crippen LogP contribution in [0.2, 0.25) is 0 Å². The third-order valence-electron chi connectivity index (χ3n) is 4.69. The highest BCUT2D eigenvalue weighted by Crippen LogP contribution is 2.25. The quantitative estimate of drug-likeness (QED) is 0.854. The molecule has 2 amide bonds. The van der Waals surface area contributed by atoms with Crippen LogP contribution in [0.1, 0.15) is 18.9 Å². The minimum atomic E-state index is -0.531. The summed E-state index contributed by atoms with van der Waals surface area (Å²) in [5.41, 5.74) is 2.08. The van der Waals surface area contributed by atoms with Gasteiger partial charge in [0, 0.05) is 50.5 Å². The van der Waals surface area contributed by atoms with Gasteiger partial charge < -0.3 is 15.3 Å². The van der Waals surface area contributed by atoms with Gasteiger partial charge in [0.15, 0.2) is 0 Å². The molecule has 25 heavy (non-hydrogen) atoms. The molecule has 6 heteroatoms. The normalized spacial score (nSPS) is 20.0. The lowest BCUT2D eigenvalue weighted by molar-refractivity contribution is -0.130. The molecule has 1 aromatic carbocycles. The van der Waals surface area contributed by atoms with E-state index in [1.165, 1.54) is 6.92 Å². The van der Waals surface area contributed by atoms with E-state index in [-0.39, 0.29) is 24.2 Å². The van der Waals surface area contributed by atoms with Gasteiger partial charge in [-0.15, -0.1) is 0 Å². The van der Waals surface area contributed by atoms with Crippen LogP contribution in [0.15, 0.2) is 36.5 Å². The number of amides is 2. The van der Waals surface area contributed by atoms with E-state index >= 15 is 0 Å². The number of para-hydroxylation sites is 1. The number of rotatable bonds is 5. The Labute approximate surface area is 146 Å². The van der Waals surface area contributed by atoms with E-state index in [0.717, 1.165) is 16.5 Å². The van der Waals surface area contributed by atoms with E-state index in [1.54, 1.807) is 11.1 Å². The molecule has 0 bridgehead atoms. The first-order valence-electron chi connectivity index (χ1n) is 8.57. The third kappa shape index (κ3) is 4.14. The molecular weight excluding hydrogens is 318 g/mol. The van der Waals surface area contributed by atoms with Gasteiger partial charge in [0.1, 0.15) is 0 Å². The summed E-state index contributed by atoms with van der Waals surface area (Å²) in [5, 5.41) is 14.1. The van der Waals surface area contributed by atoms with Gasteiger partial charge in [0.25, 0.3) is 0 Å². The van der Waals surface area contributed by atoms with Gasteiger partial charge >= 0.3 is 0 Å². The maximum atomic E-state index is 12.2. The van der Waals surface area contributed by atoms with Crippen molar-refractivity contribution in [1.82, 2.24) is 15.2 Å². The lowest BCUT2D eigenvalue weighted by Gasteiger charge is -2.16. The van der Waals surface area contributed by atoms with Crippen LogP contribution in [-0.4, -0.2) is 52.5 Å². The number of aliphatic hydroxyl groups is 1. The van der Waals surface area contributed by atoms with Crippen molar-refractivity contribution in [2.75, 3.05) is 19.6 Å². The van der Waals surface area contributed by atoms with Gasteiger partial charge in [-0.1, -0.05) is 18.2 Å². The number of carbonyl (C=O) groups excluding carboxylic acids is 2. The second kappa shape index (κ2) is 7.61. The number of pyridine rings is 1. The van der Waals surface area contributed by atoms with Crippen LogP contribution in [0.4, 0.5) is 0 Å². The Morgan fingerprint density at radius 1 is 1.28 bits per heavy atom. The molecule has 2 heterocycles. The van der Waals surface area contributed by atoms with Crippen LogP contribution >= 0.6 is 0 Å². The van der Waals surface area contributed by atoms with Gasteiger partial charge in [-0.25, -0.2) is 0 Å². The maximum Gasteiger partial charge on any atom is 0.224 e. The molecule has 2 aromatic rings. The molecule has 0 spiro atoms. The van der Waals surface area contributed by atoms with Crippen LogP contribution in [0.25, 0.3) is 10.9 Å². The van der Waals surface area contributed by atoms with Crippen LogP contribution in [-0.2, 0) is 16.0 Å². The molecule has 1 aliphatic rings. The topological polar surface area (TPSA) is 82.5 Å². The minimum absolute atomic E-state index is 0.00974. The average Bonchev–Trinajstić information content (AvgIpc) is 2.96. The molecule has 0 unspecified atom stereocenters. The van der Waals surface area contributed by atoms with E-state index in [9.17, 15) is 14.7 Å². The Kier molecular flexibility index (Phi) is 5.28. The number of nitrogens with zero attached hydrogens (tertiary/aromatic N) is 2. The second-order valence-electron chi connectivity index (χ2n) is 6.55. The van der Waals surface area contributed by atoms with Gasteiger partial charge in [0.05, 0.1) is 11.6 Å². The number of benzene rings is 1. The maximum absolute atomic E-state index is 12.2. The first-order chi connectivity index (χ1) is 12.0. The fraction of sp³-hybridized carbons (Fsp3) is 0.421. The predicted octanol–water partition coefficient (Wildman–Crippen LogP) is 1.12. The molecule has 1 fully saturated rings. The van der Waals surface area contributed by atoms with Crippen molar-refractivity contribution in [3.05, 3.63) is 42.1 Å². The molecule has 2 N–H and O–H groups in total. The van der Waals surface area contributed by atoms with Crippen molar-refractivity contribution in [2.24, 2.45) is 5.92 Å². The first-order valence-corrected chi connectivity index (χ1v) is 8.57. The number of carbonyl (C=O) groups is 2. The van der Waals surface area contributed by atoms with Gasteiger partial charge in [0.2, 0.25) is 11.8 Å². The summed E-state index contributed by atoms with van der Waals surface area (Å²) in [6.07, 6.45) is 2.23. The predicted molar refractivity (Wildman–Crippen MR) is 94.8 cm³/mol. The summed E-state index contributed by atoms with van der Waals surface area (Å²) >= 11 is 0. The number of fused-ring (bicyclic) bond motifs is 1. The van der Waals surface area contributed by atoms with Gasteiger partial charge in [-0.05, 0) is 24.1 Å². The Morgan fingerprint density at radius 2 is 2.08 bits per heavy atom. The molecule has 132 valence electrons. The number of β-amino-alcohol motifs (C(OH)–C–C–N with tert-alkyl or cyclic N) is 1. The van der Waals surface area contributed by atoms with Crippen molar-refractivity contribution in [3.63, 3.8) is 0 Å². The van der Waals surface area contributed by atoms with Gasteiger partial charge in [-0.2, -0.15) is 0 Å². The van der Waals surface area contributed by atoms with Crippen molar-refractivity contribution < 1.29 is 14.7 Å². The molecule has 0 aliphatic carbocycles. The standard InChI is InChI=1S/C19H23N3O3/c1-13(23)20-9-7-19(25)22-11-15(18(24)12-22)10-14-6-8-21-17-5-3-2-4-16(14)17/h2-6,8,15,18,24H,7,9-12H2,1H3,(H,20,23)/t15-,18-/m1/s1. The van der Waals surface area contributed by atoms with Gasteiger partial charge in [-0.3, -0.25) is 14.6 Å². The zero-order valence-electron chi connectivity index (χ0n) is 14.3. The Morgan fingerprint density at radius 3 is 2.88 bits per heavy atom. The number of likely N-dealkylation sites (tertiary alicyclic amines) is 1. The number of aliphatic hydroxyl groups excluding tert-OH is 1. The van der Waals surface area contributed by atoms with E-state index in [2.05, 4.69) is 10.3 Å². The second-order valence-corrected chi connectivity index (χ2v) is 6.55. The molecule has 6 nitrogen and oxygen atoms in total. The monoisotopic (exact) mass is 341 g/mol. The van der Waals surface area contributed by atoms with Crippen molar-refractivity contribution in [1.29, 1.82) is 0 Å². The molecular formula is C19H23N3O3. The number of hydrogen-bond donors (Lipinski definition) is 2. The van der Waals surface area contributed by atoms with Crippen molar-refractivity contribution >= 4 is 22.7 Å². The number of nitrogens with one attached hydrogen (secondary N) is 1. The summed E-state index contributed by atoms with van der Waals surface area (Å²) in [6.45, 7) is 2.66. The SMILES string of the molecule is CC(=O)NCCC(=O)N1C[C@@H](Cc2ccnc3ccccc23)[C@H](O)C1. The summed E-state index contributed by atoms with van der Waals surface area (Å²) < 4.78 is 0. The van der Waals surface area contributed by atoms with Crippen LogP contribution in [0.5, 0.6) is 0 Å². The van der Waals surface area contributed by atoms with Crippen LogP contribution in [0, 0.1) is 5.92 Å². The molecule has 1 saturated heterocycles. The largest absolute Gasteiger partial charge is 0.391 e. The summed E-state index contributed by atoms with van der Waals surface area (Å²) in [5.74, 6) is -0.165. The third-order valence-corrected chi connectivity index (χ3v) is 4.69. The van der Waals surface area contributed by atoms with Crippen LogP contribution < -0.4 is 5.32 Å². The summed E-state index contributed by atoms with van der Waals surface area (Å²) in [7, 11) is 0. The highest BCUT2D eigenvalue weighted by atomic mass is 16.3. The fourth-order valence-electron chi connectivity index (χ4n) is 3.38. The smallest absolute Gasteiger partial charge is 0.224 e. The molecule has 1 aromatic heterocycles. The lowest BCUT2D eigenvalue weighted by Crippen LogP contribution is -2.33. The highest BCUT2D eigenvalue weighted by Gasteiger charge is 2.33. The average molecular weight is 341 g/mol. The zero-order chi connectivity index (χ0) is 17.8. The minimum Gasteiger partial charge on any atom is -0.391 e. The van der Waals surface area contributed by atoms with Crippen molar-refractivity contribution in [3.8, 4) is 0 Å². The highest BCUT2D eigenvalue weighted by molar-refractivity contribution is 5.82. The summed E-state index contributed by atoms with van der Waals surface area (Å²) in [4.78, 5) is 29.2. The molecule has 1 aliphatic heterocycles. The zero-order valence-corrected chi connectivity index (χ0v) is 14.3. The van der Waals surface area contributed by atoms with Crippen molar-refractivity contribution in [2.45, 2.75) is 25.9 Å². The van der Waals surface area contributed by atoms with E-state index in [1.807, 2.05) is 30.3 Å². The number of hydrogen-bond acceptors (Lipinski definition) is 4. The van der Waals surface area contributed by atoms with Crippen LogP contribution in [0.3, 0.4) is 0 Å². The Hall–Kier alpha value is -2.47. The number of aromatic nitrogens is 1. The summed E-state index contributed by atoms with van der Waals surface area (Å²) in [6, 6.07) is 9.93. The molecule has 2 atom stereocenters.